The first-order valence-corrected chi connectivity index (χ1v) is 9.18. The van der Waals surface area contributed by atoms with E-state index in [0.29, 0.717) is 12.4 Å². The molecule has 1 unspecified atom stereocenters. The second-order valence-electron chi connectivity index (χ2n) is 6.38. The van der Waals surface area contributed by atoms with Crippen LogP contribution in [0, 0.1) is 0 Å². The molecular weight excluding hydrogens is 316 g/mol. The summed E-state index contributed by atoms with van der Waals surface area (Å²) >= 11 is 0. The summed E-state index contributed by atoms with van der Waals surface area (Å²) < 4.78 is 22.0. The molecule has 0 radical (unpaired) electrons. The molecule has 1 saturated carbocycles. The van der Waals surface area contributed by atoms with Gasteiger partial charge in [0.05, 0.1) is 5.54 Å². The Kier molecular flexibility index (Phi) is 3.37. The number of fused-ring (bicyclic) bond motifs is 4. The van der Waals surface area contributed by atoms with Crippen LogP contribution < -0.4 is 10.2 Å². The van der Waals surface area contributed by atoms with Gasteiger partial charge in [0, 0.05) is 18.3 Å². The lowest BCUT2D eigenvalue weighted by Gasteiger charge is -2.50. The summed E-state index contributed by atoms with van der Waals surface area (Å²) in [5.41, 5.74) is 0.718. The largest absolute Gasteiger partial charge is 0.352 e. The highest BCUT2D eigenvalue weighted by Gasteiger charge is 2.49. The maximum absolute atomic E-state index is 12.3. The lowest BCUT2D eigenvalue weighted by molar-refractivity contribution is -0.123. The van der Waals surface area contributed by atoms with Gasteiger partial charge in [0.2, 0.25) is 5.91 Å². The molecule has 3 aliphatic rings. The zero-order chi connectivity index (χ0) is 16.0. The van der Waals surface area contributed by atoms with Crippen LogP contribution >= 0.6 is 0 Å². The van der Waals surface area contributed by atoms with Crippen molar-refractivity contribution >= 4 is 28.5 Å². The van der Waals surface area contributed by atoms with Crippen molar-refractivity contribution in [1.29, 1.82) is 0 Å². The minimum Gasteiger partial charge on any atom is -0.352 e. The van der Waals surface area contributed by atoms with Gasteiger partial charge in [0.1, 0.15) is 34.1 Å². The van der Waals surface area contributed by atoms with E-state index in [1.807, 2.05) is 12.2 Å². The van der Waals surface area contributed by atoms with Gasteiger partial charge < -0.3 is 10.2 Å². The molecule has 1 amide bonds. The molecule has 1 N–H and O–H groups in total. The average molecular weight is 334 g/mol. The quantitative estimate of drug-likeness (QED) is 0.753. The van der Waals surface area contributed by atoms with Crippen molar-refractivity contribution in [2.45, 2.75) is 43.0 Å². The highest BCUT2D eigenvalue weighted by atomic mass is 32.2. The van der Waals surface area contributed by atoms with Crippen LogP contribution in [-0.4, -0.2) is 42.4 Å². The Bertz CT molecular complexity index is 760. The molecule has 1 saturated heterocycles. The molecule has 0 aromatic carbocycles. The molecule has 1 atom stereocenters. The standard InChI is InChI=1S/C15H18N4O3S/c20-14-11-4-3-10-7-16-12(8-23(21)22)18-13(10)19(11)15(9-17-14)5-1-2-6-15/h3-4,7,11,23H,1-2,5-6,8-9H2,(H,17,20). The van der Waals surface area contributed by atoms with E-state index in [9.17, 15) is 13.2 Å². The molecule has 122 valence electrons. The van der Waals surface area contributed by atoms with Gasteiger partial charge in [0.25, 0.3) is 0 Å². The van der Waals surface area contributed by atoms with Gasteiger partial charge in [-0.05, 0) is 12.8 Å². The Labute approximate surface area is 135 Å². The lowest BCUT2D eigenvalue weighted by atomic mass is 9.87. The molecule has 1 aliphatic carbocycles. The smallest absolute Gasteiger partial charge is 0.246 e. The average Bonchev–Trinajstić information content (AvgIpc) is 2.99. The van der Waals surface area contributed by atoms with Crippen LogP contribution in [-0.2, 0) is 21.3 Å². The second kappa shape index (κ2) is 5.30. The fourth-order valence-electron chi connectivity index (χ4n) is 3.95. The third-order valence-corrected chi connectivity index (χ3v) is 5.53. The Morgan fingerprint density at radius 2 is 2.13 bits per heavy atom. The fraction of sp³-hybridized carbons (Fsp3) is 0.533. The SMILES string of the molecule is O=C1NCC2(CCCC2)N2c3nc(C[SH](=O)=O)ncc3C=CC12. The van der Waals surface area contributed by atoms with Crippen molar-refractivity contribution in [3.63, 3.8) is 0 Å². The Morgan fingerprint density at radius 1 is 1.35 bits per heavy atom. The van der Waals surface area contributed by atoms with Crippen LogP contribution in [0.2, 0.25) is 0 Å². The molecule has 8 heteroatoms. The fourth-order valence-corrected chi connectivity index (χ4v) is 4.33. The zero-order valence-corrected chi connectivity index (χ0v) is 13.5. The summed E-state index contributed by atoms with van der Waals surface area (Å²) in [4.78, 5) is 23.0. The molecule has 2 aliphatic heterocycles. The van der Waals surface area contributed by atoms with Crippen LogP contribution in [0.4, 0.5) is 5.82 Å². The van der Waals surface area contributed by atoms with E-state index < -0.39 is 10.7 Å². The number of nitrogens with zero attached hydrogens (tertiary/aromatic N) is 3. The number of carbonyl (C=O) groups excluding carboxylic acids is 1. The van der Waals surface area contributed by atoms with Crippen molar-refractivity contribution < 1.29 is 13.2 Å². The maximum Gasteiger partial charge on any atom is 0.246 e. The Morgan fingerprint density at radius 3 is 2.87 bits per heavy atom. The first-order chi connectivity index (χ1) is 11.1. The van der Waals surface area contributed by atoms with Crippen LogP contribution in [0.3, 0.4) is 0 Å². The molecule has 3 heterocycles. The predicted octanol–water partition coefficient (Wildman–Crippen LogP) is 0.232. The number of amides is 1. The van der Waals surface area contributed by atoms with E-state index in [4.69, 9.17) is 0 Å². The number of anilines is 1. The van der Waals surface area contributed by atoms with Gasteiger partial charge >= 0.3 is 0 Å². The third-order valence-electron chi connectivity index (χ3n) is 4.99. The minimum absolute atomic E-state index is 0.0283. The molecular formula is C15H18N4O3S. The third kappa shape index (κ3) is 2.32. The van der Waals surface area contributed by atoms with Gasteiger partial charge in [-0.25, -0.2) is 18.4 Å². The molecule has 23 heavy (non-hydrogen) atoms. The molecule has 1 spiro atoms. The first-order valence-electron chi connectivity index (χ1n) is 7.82. The number of rotatable bonds is 2. The van der Waals surface area contributed by atoms with E-state index in [2.05, 4.69) is 20.2 Å². The number of carbonyl (C=O) groups is 1. The molecule has 7 nitrogen and oxygen atoms in total. The maximum atomic E-state index is 12.3. The number of hydrogen-bond donors (Lipinski definition) is 2. The number of hydrogen-bond acceptors (Lipinski definition) is 6. The molecule has 1 aromatic rings. The number of nitrogens with one attached hydrogen (secondary N) is 1. The van der Waals surface area contributed by atoms with Crippen molar-refractivity contribution in [3.05, 3.63) is 23.7 Å². The van der Waals surface area contributed by atoms with E-state index in [1.165, 1.54) is 0 Å². The Hall–Kier alpha value is -1.96. The Balaban J connectivity index is 1.83. The number of aromatic nitrogens is 2. The second-order valence-corrected chi connectivity index (χ2v) is 7.36. The summed E-state index contributed by atoms with van der Waals surface area (Å²) in [6, 6.07) is -0.377. The molecule has 4 rings (SSSR count). The molecule has 0 bridgehead atoms. The van der Waals surface area contributed by atoms with Gasteiger partial charge in [0.15, 0.2) is 0 Å². The molecule has 2 fully saturated rings. The van der Waals surface area contributed by atoms with Gasteiger partial charge in [-0.3, -0.25) is 4.79 Å². The normalized spacial score (nSPS) is 24.7. The van der Waals surface area contributed by atoms with Crippen LogP contribution in [0.5, 0.6) is 0 Å². The van der Waals surface area contributed by atoms with Crippen LogP contribution in [0.1, 0.15) is 37.1 Å². The number of thiol groups is 1. The van der Waals surface area contributed by atoms with Crippen LogP contribution in [0.25, 0.3) is 6.08 Å². The lowest BCUT2D eigenvalue weighted by Crippen LogP contribution is -2.67. The van der Waals surface area contributed by atoms with Gasteiger partial charge in [-0.1, -0.05) is 25.0 Å². The van der Waals surface area contributed by atoms with E-state index >= 15 is 0 Å². The van der Waals surface area contributed by atoms with Crippen LogP contribution in [0.15, 0.2) is 12.3 Å². The summed E-state index contributed by atoms with van der Waals surface area (Å²) in [7, 11) is -2.58. The van der Waals surface area contributed by atoms with Gasteiger partial charge in [-0.2, -0.15) is 0 Å². The zero-order valence-electron chi connectivity index (χ0n) is 12.6. The van der Waals surface area contributed by atoms with E-state index in [0.717, 1.165) is 31.2 Å². The summed E-state index contributed by atoms with van der Waals surface area (Å²) in [6.45, 7) is 0.616. The number of piperazine rings is 1. The summed E-state index contributed by atoms with van der Waals surface area (Å²) in [6.07, 6.45) is 9.65. The molecule has 1 aromatic heterocycles. The monoisotopic (exact) mass is 334 g/mol. The van der Waals surface area contributed by atoms with Crippen molar-refractivity contribution in [2.75, 3.05) is 11.4 Å². The highest BCUT2D eigenvalue weighted by Crippen LogP contribution is 2.43. The predicted molar refractivity (Wildman–Crippen MR) is 85.6 cm³/mol. The highest BCUT2D eigenvalue weighted by molar-refractivity contribution is 7.71. The summed E-state index contributed by atoms with van der Waals surface area (Å²) in [5.74, 6) is 0.771. The van der Waals surface area contributed by atoms with Gasteiger partial charge in [-0.15, -0.1) is 0 Å². The van der Waals surface area contributed by atoms with E-state index in [-0.39, 0.29) is 29.1 Å². The minimum atomic E-state index is -2.58. The first kappa shape index (κ1) is 14.6. The summed E-state index contributed by atoms with van der Waals surface area (Å²) in [5, 5.41) is 3.02. The van der Waals surface area contributed by atoms with Crippen molar-refractivity contribution in [3.8, 4) is 0 Å². The van der Waals surface area contributed by atoms with Crippen molar-refractivity contribution in [2.24, 2.45) is 0 Å². The van der Waals surface area contributed by atoms with E-state index in [1.54, 1.807) is 6.20 Å². The topological polar surface area (TPSA) is 92.3 Å². The van der Waals surface area contributed by atoms with Crippen molar-refractivity contribution in [1.82, 2.24) is 15.3 Å².